The number of rotatable bonds is 7. The zero-order chi connectivity index (χ0) is 20.2. The number of carbonyl (C=O) groups excluding carboxylic acids is 1. The molecule has 0 aliphatic carbocycles. The van der Waals surface area contributed by atoms with Crippen molar-refractivity contribution in [1.82, 2.24) is 14.5 Å². The molecule has 0 unspecified atom stereocenters. The third-order valence-electron chi connectivity index (χ3n) is 5.06. The Morgan fingerprint density at radius 3 is 2.72 bits per heavy atom. The van der Waals surface area contributed by atoms with Crippen molar-refractivity contribution < 1.29 is 4.79 Å². The summed E-state index contributed by atoms with van der Waals surface area (Å²) in [6.45, 7) is 2.04. The molecule has 1 aromatic heterocycles. The predicted molar refractivity (Wildman–Crippen MR) is 117 cm³/mol. The Bertz CT molecular complexity index is 1100. The van der Waals surface area contributed by atoms with Crippen molar-refractivity contribution in [2.75, 3.05) is 13.1 Å². The molecule has 0 saturated carbocycles. The van der Waals surface area contributed by atoms with E-state index in [1.165, 1.54) is 11.8 Å². The molecule has 4 rings (SSSR count). The summed E-state index contributed by atoms with van der Waals surface area (Å²) in [6, 6.07) is 15.1. The summed E-state index contributed by atoms with van der Waals surface area (Å²) in [5.41, 5.74) is 1.76. The molecule has 0 bridgehead atoms. The van der Waals surface area contributed by atoms with Gasteiger partial charge in [-0.05, 0) is 42.7 Å². The number of para-hydroxylation sites is 1. The third-order valence-corrected chi connectivity index (χ3v) is 6.35. The second kappa shape index (κ2) is 9.01. The van der Waals surface area contributed by atoms with E-state index >= 15 is 0 Å². The van der Waals surface area contributed by atoms with Crippen molar-refractivity contribution in [2.24, 2.45) is 0 Å². The van der Waals surface area contributed by atoms with E-state index in [0.717, 1.165) is 24.9 Å². The van der Waals surface area contributed by atoms with Gasteiger partial charge in [-0.3, -0.25) is 14.2 Å². The molecule has 29 heavy (non-hydrogen) atoms. The molecule has 2 aromatic carbocycles. The summed E-state index contributed by atoms with van der Waals surface area (Å²) >= 11 is 7.63. The third kappa shape index (κ3) is 4.65. The van der Waals surface area contributed by atoms with Gasteiger partial charge in [0.15, 0.2) is 5.16 Å². The Balaban J connectivity index is 1.57. The van der Waals surface area contributed by atoms with Gasteiger partial charge in [0.25, 0.3) is 5.56 Å². The van der Waals surface area contributed by atoms with Crippen LogP contribution in [0.3, 0.4) is 0 Å². The molecule has 1 aliphatic rings. The fourth-order valence-corrected chi connectivity index (χ4v) is 4.77. The van der Waals surface area contributed by atoms with Crippen LogP contribution in [0.25, 0.3) is 10.9 Å². The summed E-state index contributed by atoms with van der Waals surface area (Å²) in [6.07, 6.45) is 2.30. The normalized spacial score (nSPS) is 14.1. The number of nitrogens with zero attached hydrogens (tertiary/aromatic N) is 3. The maximum Gasteiger partial charge on any atom is 0.262 e. The van der Waals surface area contributed by atoms with E-state index in [-0.39, 0.29) is 11.5 Å². The van der Waals surface area contributed by atoms with Crippen LogP contribution in [-0.2, 0) is 17.1 Å². The zero-order valence-corrected chi connectivity index (χ0v) is 17.6. The number of hydrogen-bond donors (Lipinski definition) is 0. The fraction of sp³-hybridized carbons (Fsp3) is 0.318. The topological polar surface area (TPSA) is 55.2 Å². The van der Waals surface area contributed by atoms with Crippen molar-refractivity contribution >= 4 is 40.2 Å². The van der Waals surface area contributed by atoms with Crippen LogP contribution in [0, 0.1) is 0 Å². The van der Waals surface area contributed by atoms with Gasteiger partial charge in [-0.15, -0.1) is 0 Å². The van der Waals surface area contributed by atoms with Crippen molar-refractivity contribution in [3.63, 3.8) is 0 Å². The first kappa shape index (κ1) is 20.0. The van der Waals surface area contributed by atoms with Crippen LogP contribution in [0.5, 0.6) is 0 Å². The van der Waals surface area contributed by atoms with E-state index in [1.807, 2.05) is 53.4 Å². The first-order valence-electron chi connectivity index (χ1n) is 9.76. The SMILES string of the molecule is O=C1CCCN1CCCn1c(SCc2cccc(Cl)c2)nc2ccccc2c1=O. The van der Waals surface area contributed by atoms with Crippen molar-refractivity contribution in [3.8, 4) is 0 Å². The average molecular weight is 428 g/mol. The Labute approximate surface area is 178 Å². The highest BCUT2D eigenvalue weighted by molar-refractivity contribution is 7.98. The van der Waals surface area contributed by atoms with Crippen LogP contribution in [0.15, 0.2) is 58.5 Å². The minimum atomic E-state index is -0.0306. The summed E-state index contributed by atoms with van der Waals surface area (Å²) in [4.78, 5) is 31.6. The summed E-state index contributed by atoms with van der Waals surface area (Å²) in [5, 5.41) is 2.01. The molecular weight excluding hydrogens is 406 g/mol. The lowest BCUT2D eigenvalue weighted by molar-refractivity contribution is -0.127. The molecule has 1 saturated heterocycles. The highest BCUT2D eigenvalue weighted by Gasteiger charge is 2.19. The Kier molecular flexibility index (Phi) is 6.21. The number of thioether (sulfide) groups is 1. The standard InChI is InChI=1S/C22H22ClN3O2S/c23-17-7-3-6-16(14-17)15-29-22-24-19-9-2-1-8-18(19)21(28)26(22)13-5-12-25-11-4-10-20(25)27/h1-3,6-9,14H,4-5,10-13,15H2. The molecule has 0 spiro atoms. The molecule has 1 amide bonds. The van der Waals surface area contributed by atoms with Gasteiger partial charge in [0, 0.05) is 36.8 Å². The van der Waals surface area contributed by atoms with Crippen molar-refractivity contribution in [1.29, 1.82) is 0 Å². The van der Waals surface area contributed by atoms with Crippen LogP contribution in [-0.4, -0.2) is 33.4 Å². The smallest absolute Gasteiger partial charge is 0.262 e. The number of fused-ring (bicyclic) bond motifs is 1. The summed E-state index contributed by atoms with van der Waals surface area (Å²) < 4.78 is 1.75. The van der Waals surface area contributed by atoms with Crippen molar-refractivity contribution in [2.45, 2.75) is 36.7 Å². The number of carbonyl (C=O) groups is 1. The van der Waals surface area contributed by atoms with E-state index < -0.39 is 0 Å². The Morgan fingerprint density at radius 1 is 1.07 bits per heavy atom. The predicted octanol–water partition coefficient (Wildman–Crippen LogP) is 4.35. The maximum absolute atomic E-state index is 13.1. The molecule has 2 heterocycles. The van der Waals surface area contributed by atoms with Gasteiger partial charge in [0.2, 0.25) is 5.91 Å². The van der Waals surface area contributed by atoms with Gasteiger partial charge in [-0.2, -0.15) is 0 Å². The first-order chi connectivity index (χ1) is 14.1. The molecule has 0 radical (unpaired) electrons. The summed E-state index contributed by atoms with van der Waals surface area (Å²) in [5.74, 6) is 0.889. The van der Waals surface area contributed by atoms with Gasteiger partial charge < -0.3 is 4.90 Å². The monoisotopic (exact) mass is 427 g/mol. The van der Waals surface area contributed by atoms with Gasteiger partial charge in [0.05, 0.1) is 10.9 Å². The van der Waals surface area contributed by atoms with E-state index in [9.17, 15) is 9.59 Å². The number of amides is 1. The van der Waals surface area contributed by atoms with E-state index in [4.69, 9.17) is 16.6 Å². The average Bonchev–Trinajstić information content (AvgIpc) is 3.13. The quantitative estimate of drug-likeness (QED) is 0.415. The lowest BCUT2D eigenvalue weighted by Crippen LogP contribution is -2.29. The van der Waals surface area contributed by atoms with Gasteiger partial charge in [-0.1, -0.05) is 47.6 Å². The second-order valence-electron chi connectivity index (χ2n) is 7.12. The first-order valence-corrected chi connectivity index (χ1v) is 11.1. The molecule has 0 N–H and O–H groups in total. The lowest BCUT2D eigenvalue weighted by Gasteiger charge is -2.17. The second-order valence-corrected chi connectivity index (χ2v) is 8.50. The number of likely N-dealkylation sites (tertiary alicyclic amines) is 1. The number of benzene rings is 2. The molecule has 0 atom stereocenters. The van der Waals surface area contributed by atoms with Crippen LogP contribution in [0.4, 0.5) is 0 Å². The van der Waals surface area contributed by atoms with Crippen molar-refractivity contribution in [3.05, 3.63) is 69.5 Å². The van der Waals surface area contributed by atoms with E-state index in [2.05, 4.69) is 0 Å². The molecule has 3 aromatic rings. The maximum atomic E-state index is 13.1. The van der Waals surface area contributed by atoms with Crippen LogP contribution in [0.2, 0.25) is 5.02 Å². The van der Waals surface area contributed by atoms with Crippen LogP contribution >= 0.6 is 23.4 Å². The van der Waals surface area contributed by atoms with Crippen LogP contribution in [0.1, 0.15) is 24.8 Å². The fourth-order valence-electron chi connectivity index (χ4n) is 3.59. The number of halogens is 1. The van der Waals surface area contributed by atoms with E-state index in [0.29, 0.717) is 46.3 Å². The van der Waals surface area contributed by atoms with Gasteiger partial charge in [0.1, 0.15) is 0 Å². The molecule has 150 valence electrons. The van der Waals surface area contributed by atoms with E-state index in [1.54, 1.807) is 4.57 Å². The molecule has 1 aliphatic heterocycles. The van der Waals surface area contributed by atoms with Gasteiger partial charge in [-0.25, -0.2) is 4.98 Å². The number of hydrogen-bond acceptors (Lipinski definition) is 4. The Hall–Kier alpha value is -2.31. The number of aromatic nitrogens is 2. The molecule has 5 nitrogen and oxygen atoms in total. The molecule has 1 fully saturated rings. The Morgan fingerprint density at radius 2 is 1.93 bits per heavy atom. The minimum Gasteiger partial charge on any atom is -0.343 e. The zero-order valence-electron chi connectivity index (χ0n) is 16.0. The summed E-state index contributed by atoms with van der Waals surface area (Å²) in [7, 11) is 0. The minimum absolute atomic E-state index is 0.0306. The highest BCUT2D eigenvalue weighted by atomic mass is 35.5. The molecule has 7 heteroatoms. The largest absolute Gasteiger partial charge is 0.343 e. The highest BCUT2D eigenvalue weighted by Crippen LogP contribution is 2.24. The van der Waals surface area contributed by atoms with Gasteiger partial charge >= 0.3 is 0 Å². The van der Waals surface area contributed by atoms with Crippen LogP contribution < -0.4 is 5.56 Å². The lowest BCUT2D eigenvalue weighted by atomic mass is 10.2. The molecular formula is C22H22ClN3O2S.